The van der Waals surface area contributed by atoms with Gasteiger partial charge >= 0.3 is 5.97 Å². The van der Waals surface area contributed by atoms with Crippen LogP contribution in [0.2, 0.25) is 0 Å². The molecule has 5 rings (SSSR count). The fourth-order valence-corrected chi connectivity index (χ4v) is 4.50. The van der Waals surface area contributed by atoms with Crippen molar-refractivity contribution in [1.82, 2.24) is 4.98 Å². The van der Waals surface area contributed by atoms with E-state index in [0.29, 0.717) is 35.0 Å². The maximum absolute atomic E-state index is 13.4. The number of carbonyl (C=O) groups is 2. The lowest BCUT2D eigenvalue weighted by atomic mass is 10.0. The fraction of sp³-hybridized carbons (Fsp3) is 0.172. The Morgan fingerprint density at radius 2 is 1.86 bits per heavy atom. The van der Waals surface area contributed by atoms with E-state index in [1.165, 1.54) is 4.90 Å². The summed E-state index contributed by atoms with van der Waals surface area (Å²) in [6.45, 7) is -0.217. The number of aromatic nitrogens is 1. The summed E-state index contributed by atoms with van der Waals surface area (Å²) in [6, 6.07) is 22.2. The van der Waals surface area contributed by atoms with Gasteiger partial charge in [0.15, 0.2) is 6.61 Å². The van der Waals surface area contributed by atoms with Crippen molar-refractivity contribution in [2.45, 2.75) is 19.3 Å². The molecule has 0 aliphatic heterocycles. The minimum atomic E-state index is -0.564. The summed E-state index contributed by atoms with van der Waals surface area (Å²) in [5.74, 6) is -0.232. The van der Waals surface area contributed by atoms with Gasteiger partial charge in [0.1, 0.15) is 5.76 Å². The van der Waals surface area contributed by atoms with E-state index in [1.54, 1.807) is 18.4 Å². The van der Waals surface area contributed by atoms with E-state index in [1.807, 2.05) is 60.7 Å². The third-order valence-corrected chi connectivity index (χ3v) is 6.15. The summed E-state index contributed by atoms with van der Waals surface area (Å²) in [5.41, 5.74) is 4.33. The van der Waals surface area contributed by atoms with Crippen LogP contribution >= 0.6 is 0 Å². The molecule has 7 nitrogen and oxygen atoms in total. The van der Waals surface area contributed by atoms with Crippen molar-refractivity contribution >= 4 is 40.1 Å². The minimum absolute atomic E-state index is 0.169. The highest BCUT2D eigenvalue weighted by molar-refractivity contribution is 6.08. The molecular formula is C29H23N3O4. The van der Waals surface area contributed by atoms with Gasteiger partial charge in [0.05, 0.1) is 35.5 Å². The zero-order valence-electron chi connectivity index (χ0n) is 19.5. The molecule has 1 amide bonds. The average molecular weight is 478 g/mol. The molecule has 1 aliphatic carbocycles. The molecule has 4 aromatic rings. The van der Waals surface area contributed by atoms with Gasteiger partial charge in [0, 0.05) is 17.6 Å². The monoisotopic (exact) mass is 477 g/mol. The highest BCUT2D eigenvalue weighted by Crippen LogP contribution is 2.37. The number of para-hydroxylation sites is 2. The van der Waals surface area contributed by atoms with E-state index < -0.39 is 18.5 Å². The normalized spacial score (nSPS) is 13.4. The Balaban J connectivity index is 1.44. The van der Waals surface area contributed by atoms with Gasteiger partial charge < -0.3 is 14.1 Å². The summed E-state index contributed by atoms with van der Waals surface area (Å²) < 4.78 is 11.0. The molecule has 2 heterocycles. The largest absolute Gasteiger partial charge is 0.465 e. The molecule has 2 aromatic heterocycles. The third-order valence-electron chi connectivity index (χ3n) is 6.15. The lowest BCUT2D eigenvalue weighted by molar-refractivity contribution is -0.121. The first-order valence-electron chi connectivity index (χ1n) is 11.7. The van der Waals surface area contributed by atoms with E-state index >= 15 is 0 Å². The molecule has 0 unspecified atom stereocenters. The lowest BCUT2D eigenvalue weighted by Crippen LogP contribution is -2.35. The van der Waals surface area contributed by atoms with Crippen molar-refractivity contribution in [2.24, 2.45) is 0 Å². The fourth-order valence-electron chi connectivity index (χ4n) is 4.50. The van der Waals surface area contributed by atoms with Gasteiger partial charge in [-0.3, -0.25) is 4.79 Å². The second kappa shape index (κ2) is 10.3. The molecule has 36 heavy (non-hydrogen) atoms. The molecule has 0 N–H and O–H groups in total. The number of hydrogen-bond donors (Lipinski definition) is 0. The summed E-state index contributed by atoms with van der Waals surface area (Å²) >= 11 is 0. The summed E-state index contributed by atoms with van der Waals surface area (Å²) in [6.07, 6.45) is 5.08. The molecule has 0 bridgehead atoms. The quantitative estimate of drug-likeness (QED) is 0.330. The van der Waals surface area contributed by atoms with E-state index in [4.69, 9.17) is 19.4 Å². The van der Waals surface area contributed by atoms with Crippen molar-refractivity contribution in [2.75, 3.05) is 18.1 Å². The maximum atomic E-state index is 13.4. The smallest absolute Gasteiger partial charge is 0.339 e. The second-order valence-corrected chi connectivity index (χ2v) is 8.38. The number of fused-ring (bicyclic) bond motifs is 2. The van der Waals surface area contributed by atoms with Crippen LogP contribution in [0.25, 0.3) is 22.6 Å². The molecule has 1 aliphatic rings. The van der Waals surface area contributed by atoms with Gasteiger partial charge in [0.25, 0.3) is 5.91 Å². The standard InChI is InChI=1S/C29H23N3O4/c30-15-7-16-32(21-8-2-1-3-9-21)26(33)19-36-29(34)27-23-11-4-5-12-25(23)31-28-20(13-14-24(27)28)18-22-10-6-17-35-22/h1-6,8-12,17-18H,7,13-14,16,19H2. The first kappa shape index (κ1) is 23.1. The predicted molar refractivity (Wildman–Crippen MR) is 136 cm³/mol. The van der Waals surface area contributed by atoms with Gasteiger partial charge in [-0.2, -0.15) is 5.26 Å². The summed E-state index contributed by atoms with van der Waals surface area (Å²) in [4.78, 5) is 32.7. The number of hydrogen-bond acceptors (Lipinski definition) is 6. The Morgan fingerprint density at radius 3 is 2.64 bits per heavy atom. The second-order valence-electron chi connectivity index (χ2n) is 8.38. The van der Waals surface area contributed by atoms with Gasteiger partial charge in [-0.05, 0) is 60.4 Å². The number of furan rings is 1. The van der Waals surface area contributed by atoms with Crippen molar-refractivity contribution < 1.29 is 18.7 Å². The number of esters is 1. The molecule has 0 saturated carbocycles. The SMILES string of the molecule is N#CCCN(C(=O)COC(=O)c1c2c(nc3ccccc13)C(=Cc1ccco1)CC2)c1ccccc1. The first-order chi connectivity index (χ1) is 17.7. The number of nitriles is 1. The molecule has 7 heteroatoms. The van der Waals surface area contributed by atoms with E-state index in [9.17, 15) is 9.59 Å². The Morgan fingerprint density at radius 1 is 1.06 bits per heavy atom. The molecule has 0 fully saturated rings. The number of anilines is 1. The maximum Gasteiger partial charge on any atom is 0.339 e. The van der Waals surface area contributed by atoms with E-state index in [2.05, 4.69) is 6.07 Å². The highest BCUT2D eigenvalue weighted by Gasteiger charge is 2.28. The van der Waals surface area contributed by atoms with Crippen LogP contribution in [-0.4, -0.2) is 30.0 Å². The van der Waals surface area contributed by atoms with E-state index in [0.717, 1.165) is 22.6 Å². The van der Waals surface area contributed by atoms with Crippen LogP contribution in [0.1, 0.15) is 40.2 Å². The highest BCUT2D eigenvalue weighted by atomic mass is 16.5. The number of ether oxygens (including phenoxy) is 1. The van der Waals surface area contributed by atoms with Crippen LogP contribution in [0.5, 0.6) is 0 Å². The number of benzene rings is 2. The minimum Gasteiger partial charge on any atom is -0.465 e. The van der Waals surface area contributed by atoms with E-state index in [-0.39, 0.29) is 13.0 Å². The van der Waals surface area contributed by atoms with Crippen LogP contribution in [0, 0.1) is 11.3 Å². The molecular weight excluding hydrogens is 454 g/mol. The molecule has 2 aromatic carbocycles. The number of rotatable bonds is 7. The van der Waals surface area contributed by atoms with Crippen LogP contribution < -0.4 is 4.90 Å². The number of pyridine rings is 1. The lowest BCUT2D eigenvalue weighted by Gasteiger charge is -2.21. The number of carbonyl (C=O) groups excluding carboxylic acids is 2. The van der Waals surface area contributed by atoms with Gasteiger partial charge in [-0.15, -0.1) is 0 Å². The zero-order valence-corrected chi connectivity index (χ0v) is 19.5. The van der Waals surface area contributed by atoms with Crippen molar-refractivity contribution in [3.05, 3.63) is 95.6 Å². The molecule has 0 spiro atoms. The number of allylic oxidation sites excluding steroid dienone is 1. The van der Waals surface area contributed by atoms with Crippen LogP contribution in [0.4, 0.5) is 5.69 Å². The average Bonchev–Trinajstić information content (AvgIpc) is 3.57. The Hall–Kier alpha value is -4.70. The summed E-state index contributed by atoms with van der Waals surface area (Å²) in [5, 5.41) is 9.71. The van der Waals surface area contributed by atoms with Crippen LogP contribution in [0.3, 0.4) is 0 Å². The molecule has 0 radical (unpaired) electrons. The predicted octanol–water partition coefficient (Wildman–Crippen LogP) is 5.42. The molecule has 0 atom stereocenters. The molecule has 0 saturated heterocycles. The third kappa shape index (κ3) is 4.62. The van der Waals surface area contributed by atoms with Gasteiger partial charge in [0.2, 0.25) is 0 Å². The molecule has 178 valence electrons. The van der Waals surface area contributed by atoms with Gasteiger partial charge in [-0.25, -0.2) is 9.78 Å². The Bertz CT molecular complexity index is 1480. The Kier molecular flexibility index (Phi) is 6.59. The topological polar surface area (TPSA) is 96.4 Å². The first-order valence-corrected chi connectivity index (χ1v) is 11.7. The Labute approximate surface area is 208 Å². The van der Waals surface area contributed by atoms with Crippen LogP contribution in [-0.2, 0) is 16.0 Å². The van der Waals surface area contributed by atoms with Crippen LogP contribution in [0.15, 0.2) is 77.4 Å². The number of amides is 1. The van der Waals surface area contributed by atoms with Crippen molar-refractivity contribution in [1.29, 1.82) is 5.26 Å². The van der Waals surface area contributed by atoms with Crippen molar-refractivity contribution in [3.63, 3.8) is 0 Å². The summed E-state index contributed by atoms with van der Waals surface area (Å²) in [7, 11) is 0. The number of nitrogens with zero attached hydrogens (tertiary/aromatic N) is 3. The van der Waals surface area contributed by atoms with Gasteiger partial charge in [-0.1, -0.05) is 36.4 Å². The van der Waals surface area contributed by atoms with Crippen molar-refractivity contribution in [3.8, 4) is 6.07 Å². The zero-order chi connectivity index (χ0) is 24.9.